The van der Waals surface area contributed by atoms with E-state index in [2.05, 4.69) is 10.3 Å². The molecule has 0 aliphatic heterocycles. The maximum absolute atomic E-state index is 11.8. The number of hydrogen-bond donors (Lipinski definition) is 1. The first-order chi connectivity index (χ1) is 9.65. The van der Waals surface area contributed by atoms with Gasteiger partial charge in [0.15, 0.2) is 0 Å². The molecule has 1 amide bonds. The van der Waals surface area contributed by atoms with Crippen LogP contribution in [0.3, 0.4) is 0 Å². The van der Waals surface area contributed by atoms with Crippen molar-refractivity contribution >= 4 is 23.5 Å². The molecule has 0 aliphatic rings. The standard InChI is InChI=1S/C16H17N3O/c1-19(2)15-10-9-14(12-17-15)18-16(20)11-8-13-6-4-3-5-7-13/h3-12H,1-2H3,(H,18,20)/b11-8+. The molecule has 0 radical (unpaired) electrons. The Balaban J connectivity index is 1.96. The second kappa shape index (κ2) is 6.52. The minimum Gasteiger partial charge on any atom is -0.363 e. The Morgan fingerprint density at radius 2 is 1.90 bits per heavy atom. The van der Waals surface area contributed by atoms with Crippen molar-refractivity contribution in [3.63, 3.8) is 0 Å². The molecule has 1 heterocycles. The third-order valence-electron chi connectivity index (χ3n) is 2.70. The second-order valence-corrected chi connectivity index (χ2v) is 4.53. The summed E-state index contributed by atoms with van der Waals surface area (Å²) in [6.45, 7) is 0. The largest absolute Gasteiger partial charge is 0.363 e. The van der Waals surface area contributed by atoms with Crippen molar-refractivity contribution in [1.82, 2.24) is 4.98 Å². The number of nitrogens with one attached hydrogen (secondary N) is 1. The highest BCUT2D eigenvalue weighted by molar-refractivity contribution is 6.01. The number of amides is 1. The molecular weight excluding hydrogens is 250 g/mol. The molecule has 0 saturated heterocycles. The predicted molar refractivity (Wildman–Crippen MR) is 82.7 cm³/mol. The fraction of sp³-hybridized carbons (Fsp3) is 0.125. The van der Waals surface area contributed by atoms with E-state index in [-0.39, 0.29) is 5.91 Å². The quantitative estimate of drug-likeness (QED) is 0.866. The third-order valence-corrected chi connectivity index (χ3v) is 2.70. The molecule has 1 aromatic heterocycles. The van der Waals surface area contributed by atoms with Crippen molar-refractivity contribution in [2.24, 2.45) is 0 Å². The molecule has 20 heavy (non-hydrogen) atoms. The molecule has 0 unspecified atom stereocenters. The minimum absolute atomic E-state index is 0.173. The van der Waals surface area contributed by atoms with E-state index in [0.717, 1.165) is 11.4 Å². The highest BCUT2D eigenvalue weighted by Crippen LogP contribution is 2.11. The van der Waals surface area contributed by atoms with Gasteiger partial charge in [-0.3, -0.25) is 4.79 Å². The van der Waals surface area contributed by atoms with Gasteiger partial charge in [0.05, 0.1) is 11.9 Å². The Kier molecular flexibility index (Phi) is 4.50. The van der Waals surface area contributed by atoms with E-state index in [1.807, 2.05) is 61.5 Å². The van der Waals surface area contributed by atoms with E-state index in [1.165, 1.54) is 6.08 Å². The van der Waals surface area contributed by atoms with Gasteiger partial charge in [0.2, 0.25) is 5.91 Å². The molecule has 1 N–H and O–H groups in total. The van der Waals surface area contributed by atoms with Gasteiger partial charge in [-0.15, -0.1) is 0 Å². The summed E-state index contributed by atoms with van der Waals surface area (Å²) in [6.07, 6.45) is 4.93. The predicted octanol–water partition coefficient (Wildman–Crippen LogP) is 2.80. The van der Waals surface area contributed by atoms with Gasteiger partial charge in [0.1, 0.15) is 5.82 Å². The van der Waals surface area contributed by atoms with Crippen molar-refractivity contribution in [2.45, 2.75) is 0 Å². The average Bonchev–Trinajstić information content (AvgIpc) is 2.47. The SMILES string of the molecule is CN(C)c1ccc(NC(=O)/C=C/c2ccccc2)cn1. The van der Waals surface area contributed by atoms with Gasteiger partial charge >= 0.3 is 0 Å². The van der Waals surface area contributed by atoms with Crippen molar-refractivity contribution in [3.05, 3.63) is 60.3 Å². The van der Waals surface area contributed by atoms with Gasteiger partial charge in [-0.05, 0) is 23.8 Å². The van der Waals surface area contributed by atoms with Crippen LogP contribution in [-0.2, 0) is 4.79 Å². The molecule has 102 valence electrons. The van der Waals surface area contributed by atoms with E-state index in [1.54, 1.807) is 12.3 Å². The van der Waals surface area contributed by atoms with E-state index in [9.17, 15) is 4.79 Å². The molecule has 2 aromatic rings. The van der Waals surface area contributed by atoms with Crippen LogP contribution in [0.15, 0.2) is 54.7 Å². The molecule has 4 heteroatoms. The van der Waals surface area contributed by atoms with Crippen LogP contribution in [0, 0.1) is 0 Å². The number of carbonyl (C=O) groups is 1. The Hall–Kier alpha value is -2.62. The van der Waals surface area contributed by atoms with Gasteiger partial charge in [-0.2, -0.15) is 0 Å². The molecule has 0 spiro atoms. The third kappa shape index (κ3) is 3.95. The van der Waals surface area contributed by atoms with E-state index in [4.69, 9.17) is 0 Å². The van der Waals surface area contributed by atoms with Gasteiger partial charge < -0.3 is 10.2 Å². The average molecular weight is 267 g/mol. The number of hydrogen-bond acceptors (Lipinski definition) is 3. The Morgan fingerprint density at radius 3 is 2.50 bits per heavy atom. The van der Waals surface area contributed by atoms with Crippen LogP contribution in [-0.4, -0.2) is 25.0 Å². The van der Waals surface area contributed by atoms with E-state index < -0.39 is 0 Å². The van der Waals surface area contributed by atoms with Crippen molar-refractivity contribution in [2.75, 3.05) is 24.3 Å². The summed E-state index contributed by atoms with van der Waals surface area (Å²) in [6, 6.07) is 13.4. The zero-order chi connectivity index (χ0) is 14.4. The number of rotatable bonds is 4. The summed E-state index contributed by atoms with van der Waals surface area (Å²) in [5.74, 6) is 0.677. The molecule has 0 bridgehead atoms. The zero-order valence-electron chi connectivity index (χ0n) is 11.6. The lowest BCUT2D eigenvalue weighted by atomic mass is 10.2. The normalized spacial score (nSPS) is 10.5. The number of carbonyl (C=O) groups excluding carboxylic acids is 1. The summed E-state index contributed by atoms with van der Waals surface area (Å²) >= 11 is 0. The fourth-order valence-electron chi connectivity index (χ4n) is 1.64. The van der Waals surface area contributed by atoms with E-state index in [0.29, 0.717) is 5.69 Å². The summed E-state index contributed by atoms with van der Waals surface area (Å²) in [7, 11) is 3.84. The lowest BCUT2D eigenvalue weighted by molar-refractivity contribution is -0.111. The zero-order valence-corrected chi connectivity index (χ0v) is 11.6. The maximum Gasteiger partial charge on any atom is 0.248 e. The number of benzene rings is 1. The summed E-state index contributed by atoms with van der Waals surface area (Å²) < 4.78 is 0. The van der Waals surface area contributed by atoms with Crippen molar-refractivity contribution in [3.8, 4) is 0 Å². The number of pyridine rings is 1. The maximum atomic E-state index is 11.8. The Bertz CT molecular complexity index is 589. The fourth-order valence-corrected chi connectivity index (χ4v) is 1.64. The van der Waals surface area contributed by atoms with Gasteiger partial charge in [-0.1, -0.05) is 30.3 Å². The van der Waals surface area contributed by atoms with Crippen molar-refractivity contribution in [1.29, 1.82) is 0 Å². The summed E-state index contributed by atoms with van der Waals surface area (Å²) in [4.78, 5) is 17.9. The van der Waals surface area contributed by atoms with Crippen LogP contribution in [0.5, 0.6) is 0 Å². The van der Waals surface area contributed by atoms with Crippen LogP contribution in [0.2, 0.25) is 0 Å². The van der Waals surface area contributed by atoms with Gasteiger partial charge in [-0.25, -0.2) is 4.98 Å². The van der Waals surface area contributed by atoms with Gasteiger partial charge in [0, 0.05) is 20.2 Å². The lowest BCUT2D eigenvalue weighted by Crippen LogP contribution is -2.12. The lowest BCUT2D eigenvalue weighted by Gasteiger charge is -2.11. The van der Waals surface area contributed by atoms with Crippen LogP contribution < -0.4 is 10.2 Å². The topological polar surface area (TPSA) is 45.2 Å². The smallest absolute Gasteiger partial charge is 0.248 e. The Morgan fingerprint density at radius 1 is 1.15 bits per heavy atom. The first-order valence-electron chi connectivity index (χ1n) is 6.32. The van der Waals surface area contributed by atoms with Gasteiger partial charge in [0.25, 0.3) is 0 Å². The number of aromatic nitrogens is 1. The van der Waals surface area contributed by atoms with Crippen LogP contribution in [0.1, 0.15) is 5.56 Å². The van der Waals surface area contributed by atoms with Crippen LogP contribution in [0.4, 0.5) is 11.5 Å². The minimum atomic E-state index is -0.173. The molecule has 4 nitrogen and oxygen atoms in total. The molecule has 2 rings (SSSR count). The monoisotopic (exact) mass is 267 g/mol. The van der Waals surface area contributed by atoms with Crippen LogP contribution in [0.25, 0.3) is 6.08 Å². The molecule has 0 aliphatic carbocycles. The summed E-state index contributed by atoms with van der Waals surface area (Å²) in [5, 5.41) is 2.77. The first-order valence-corrected chi connectivity index (χ1v) is 6.32. The van der Waals surface area contributed by atoms with E-state index >= 15 is 0 Å². The molecular formula is C16H17N3O. The van der Waals surface area contributed by atoms with Crippen LogP contribution >= 0.6 is 0 Å². The highest BCUT2D eigenvalue weighted by Gasteiger charge is 2.00. The number of nitrogens with zero attached hydrogens (tertiary/aromatic N) is 2. The Labute approximate surface area is 118 Å². The molecule has 0 fully saturated rings. The summed E-state index contributed by atoms with van der Waals surface area (Å²) in [5.41, 5.74) is 1.67. The second-order valence-electron chi connectivity index (χ2n) is 4.53. The first kappa shape index (κ1) is 13.8. The molecule has 0 atom stereocenters. The molecule has 1 aromatic carbocycles. The van der Waals surface area contributed by atoms with Crippen molar-refractivity contribution < 1.29 is 4.79 Å². The molecule has 0 saturated carbocycles. The highest BCUT2D eigenvalue weighted by atomic mass is 16.1. The number of anilines is 2.